The average Bonchev–Trinajstić information content (AvgIpc) is 2.36. The van der Waals surface area contributed by atoms with E-state index in [0.29, 0.717) is 15.7 Å². The Labute approximate surface area is 127 Å². The average molecular weight is 331 g/mol. The fourth-order valence-electron chi connectivity index (χ4n) is 1.61. The molecule has 2 aromatic carbocycles. The molecule has 20 heavy (non-hydrogen) atoms. The predicted molar refractivity (Wildman–Crippen MR) is 82.9 cm³/mol. The van der Waals surface area contributed by atoms with E-state index in [2.05, 4.69) is 4.72 Å². The van der Waals surface area contributed by atoms with Crippen molar-refractivity contribution in [3.8, 4) is 0 Å². The molecule has 0 aromatic heterocycles. The maximum absolute atomic E-state index is 12.3. The van der Waals surface area contributed by atoms with Crippen LogP contribution in [0.4, 0.5) is 11.4 Å². The van der Waals surface area contributed by atoms with Crippen LogP contribution in [0.25, 0.3) is 0 Å². The summed E-state index contributed by atoms with van der Waals surface area (Å²) in [6.07, 6.45) is 0. The van der Waals surface area contributed by atoms with Gasteiger partial charge < -0.3 is 5.73 Å². The van der Waals surface area contributed by atoms with Crippen LogP contribution >= 0.6 is 23.2 Å². The summed E-state index contributed by atoms with van der Waals surface area (Å²) >= 11 is 11.8. The molecular weight excluding hydrogens is 319 g/mol. The van der Waals surface area contributed by atoms with Crippen molar-refractivity contribution < 1.29 is 8.42 Å². The Morgan fingerprint density at radius 2 is 1.80 bits per heavy atom. The van der Waals surface area contributed by atoms with E-state index in [4.69, 9.17) is 28.9 Å². The molecule has 4 nitrogen and oxygen atoms in total. The molecule has 106 valence electrons. The van der Waals surface area contributed by atoms with Crippen molar-refractivity contribution in [1.29, 1.82) is 0 Å². The molecule has 0 saturated heterocycles. The van der Waals surface area contributed by atoms with Gasteiger partial charge in [-0.3, -0.25) is 4.72 Å². The third-order valence-corrected chi connectivity index (χ3v) is 4.77. The number of anilines is 2. The largest absolute Gasteiger partial charge is 0.398 e. The smallest absolute Gasteiger partial charge is 0.263 e. The molecule has 0 bridgehead atoms. The van der Waals surface area contributed by atoms with E-state index in [1.807, 2.05) is 6.92 Å². The Morgan fingerprint density at radius 3 is 2.45 bits per heavy atom. The number of nitrogens with two attached hydrogens (primary N) is 1. The number of aryl methyl sites for hydroxylation is 1. The lowest BCUT2D eigenvalue weighted by Crippen LogP contribution is -2.14. The summed E-state index contributed by atoms with van der Waals surface area (Å²) in [5.74, 6) is 0. The lowest BCUT2D eigenvalue weighted by atomic mass is 10.2. The van der Waals surface area contributed by atoms with Crippen LogP contribution < -0.4 is 10.5 Å². The first kappa shape index (κ1) is 15.0. The van der Waals surface area contributed by atoms with Crippen molar-refractivity contribution in [2.24, 2.45) is 0 Å². The van der Waals surface area contributed by atoms with Gasteiger partial charge in [-0.1, -0.05) is 29.3 Å². The number of nitrogens with one attached hydrogen (secondary N) is 1. The van der Waals surface area contributed by atoms with Crippen LogP contribution in [0.3, 0.4) is 0 Å². The molecule has 0 radical (unpaired) electrons. The third-order valence-electron chi connectivity index (χ3n) is 2.69. The molecule has 0 atom stereocenters. The van der Waals surface area contributed by atoms with Gasteiger partial charge in [-0.25, -0.2) is 8.42 Å². The van der Waals surface area contributed by atoms with Crippen molar-refractivity contribution in [3.63, 3.8) is 0 Å². The highest BCUT2D eigenvalue weighted by atomic mass is 35.5. The second-order valence-corrected chi connectivity index (χ2v) is 6.75. The van der Waals surface area contributed by atoms with Gasteiger partial charge in [-0.2, -0.15) is 0 Å². The molecule has 0 aliphatic carbocycles. The third kappa shape index (κ3) is 3.17. The first-order chi connectivity index (χ1) is 9.29. The van der Waals surface area contributed by atoms with Crippen molar-refractivity contribution in [3.05, 3.63) is 52.0 Å². The molecule has 7 heteroatoms. The molecule has 3 N–H and O–H groups in total. The molecule has 0 fully saturated rings. The summed E-state index contributed by atoms with van der Waals surface area (Å²) in [4.78, 5) is -0.0679. The van der Waals surface area contributed by atoms with Crippen LogP contribution in [-0.4, -0.2) is 8.42 Å². The molecule has 0 spiro atoms. The van der Waals surface area contributed by atoms with E-state index in [9.17, 15) is 8.42 Å². The van der Waals surface area contributed by atoms with Crippen LogP contribution in [0.15, 0.2) is 41.3 Å². The first-order valence-electron chi connectivity index (χ1n) is 5.63. The van der Waals surface area contributed by atoms with Crippen LogP contribution in [0, 0.1) is 6.92 Å². The number of nitrogen functional groups attached to an aromatic ring is 1. The highest BCUT2D eigenvalue weighted by molar-refractivity contribution is 7.92. The molecule has 0 unspecified atom stereocenters. The van der Waals surface area contributed by atoms with Crippen molar-refractivity contribution >= 4 is 44.6 Å². The first-order valence-corrected chi connectivity index (χ1v) is 7.87. The zero-order valence-electron chi connectivity index (χ0n) is 10.5. The Morgan fingerprint density at radius 1 is 1.10 bits per heavy atom. The minimum absolute atomic E-state index is 0.0679. The highest BCUT2D eigenvalue weighted by Gasteiger charge is 2.18. The Kier molecular flexibility index (Phi) is 4.13. The Hall–Kier alpha value is -1.43. The molecule has 0 saturated carbocycles. The van der Waals surface area contributed by atoms with Gasteiger partial charge in [-0.05, 0) is 42.8 Å². The van der Waals surface area contributed by atoms with E-state index in [-0.39, 0.29) is 10.6 Å². The zero-order chi connectivity index (χ0) is 14.9. The molecular formula is C13H12Cl2N2O2S. The van der Waals surface area contributed by atoms with Crippen molar-refractivity contribution in [1.82, 2.24) is 0 Å². The lowest BCUT2D eigenvalue weighted by Gasteiger charge is -2.11. The van der Waals surface area contributed by atoms with E-state index >= 15 is 0 Å². The standard InChI is InChI=1S/C13H12Cl2N2O2S/c1-8-2-4-10(7-11(8)15)17-20(18,19)13-6-9(14)3-5-12(13)16/h2-7,17H,16H2,1H3. The van der Waals surface area contributed by atoms with Gasteiger partial charge in [0.2, 0.25) is 0 Å². The Balaban J connectivity index is 2.40. The van der Waals surface area contributed by atoms with E-state index in [1.165, 1.54) is 24.3 Å². The second-order valence-electron chi connectivity index (χ2n) is 4.25. The normalized spacial score (nSPS) is 11.3. The number of hydrogen-bond donors (Lipinski definition) is 2. The van der Waals surface area contributed by atoms with Gasteiger partial charge in [0, 0.05) is 10.0 Å². The molecule has 0 aliphatic heterocycles. The van der Waals surface area contributed by atoms with Crippen LogP contribution in [-0.2, 0) is 10.0 Å². The quantitative estimate of drug-likeness (QED) is 0.843. The summed E-state index contributed by atoms with van der Waals surface area (Å²) in [6.45, 7) is 1.83. The predicted octanol–water partition coefficient (Wildman–Crippen LogP) is 3.68. The van der Waals surface area contributed by atoms with Gasteiger partial charge >= 0.3 is 0 Å². The zero-order valence-corrected chi connectivity index (χ0v) is 12.9. The fourth-order valence-corrected chi connectivity index (χ4v) is 3.23. The molecule has 0 amide bonds. The molecule has 2 rings (SSSR count). The summed E-state index contributed by atoms with van der Waals surface area (Å²) < 4.78 is 27.0. The Bertz CT molecular complexity index is 761. The summed E-state index contributed by atoms with van der Waals surface area (Å²) in [7, 11) is -3.81. The summed E-state index contributed by atoms with van der Waals surface area (Å²) in [5.41, 5.74) is 7.02. The minimum Gasteiger partial charge on any atom is -0.398 e. The van der Waals surface area contributed by atoms with Gasteiger partial charge in [0.1, 0.15) is 4.90 Å². The number of benzene rings is 2. The topological polar surface area (TPSA) is 72.2 Å². The van der Waals surface area contributed by atoms with Crippen molar-refractivity contribution in [2.75, 3.05) is 10.5 Å². The minimum atomic E-state index is -3.81. The number of rotatable bonds is 3. The van der Waals surface area contributed by atoms with Gasteiger partial charge in [0.05, 0.1) is 11.4 Å². The second kappa shape index (κ2) is 5.52. The molecule has 2 aromatic rings. The fraction of sp³-hybridized carbons (Fsp3) is 0.0769. The highest BCUT2D eigenvalue weighted by Crippen LogP contribution is 2.26. The summed E-state index contributed by atoms with van der Waals surface area (Å²) in [6, 6.07) is 9.16. The summed E-state index contributed by atoms with van der Waals surface area (Å²) in [5, 5.41) is 0.769. The number of halogens is 2. The van der Waals surface area contributed by atoms with Crippen LogP contribution in [0.2, 0.25) is 10.0 Å². The lowest BCUT2D eigenvalue weighted by molar-refractivity contribution is 0.601. The van der Waals surface area contributed by atoms with E-state index in [0.717, 1.165) is 5.56 Å². The number of sulfonamides is 1. The van der Waals surface area contributed by atoms with Gasteiger partial charge in [-0.15, -0.1) is 0 Å². The maximum Gasteiger partial charge on any atom is 0.263 e. The van der Waals surface area contributed by atoms with E-state index in [1.54, 1.807) is 12.1 Å². The SMILES string of the molecule is Cc1ccc(NS(=O)(=O)c2cc(Cl)ccc2N)cc1Cl. The number of hydrogen-bond acceptors (Lipinski definition) is 3. The van der Waals surface area contributed by atoms with Gasteiger partial charge in [0.25, 0.3) is 10.0 Å². The molecule has 0 aliphatic rings. The monoisotopic (exact) mass is 330 g/mol. The maximum atomic E-state index is 12.3. The van der Waals surface area contributed by atoms with Gasteiger partial charge in [0.15, 0.2) is 0 Å². The van der Waals surface area contributed by atoms with Crippen LogP contribution in [0.5, 0.6) is 0 Å². The van der Waals surface area contributed by atoms with Crippen molar-refractivity contribution in [2.45, 2.75) is 11.8 Å². The molecule has 0 heterocycles. The van der Waals surface area contributed by atoms with E-state index < -0.39 is 10.0 Å². The van der Waals surface area contributed by atoms with Crippen LogP contribution in [0.1, 0.15) is 5.56 Å².